The lowest BCUT2D eigenvalue weighted by atomic mass is 10.1. The van der Waals surface area contributed by atoms with Crippen LogP contribution in [0.3, 0.4) is 0 Å². The minimum absolute atomic E-state index is 0.255. The van der Waals surface area contributed by atoms with Crippen molar-refractivity contribution in [1.82, 2.24) is 10.6 Å². The summed E-state index contributed by atoms with van der Waals surface area (Å²) in [6.07, 6.45) is 0. The molecule has 7 heteroatoms. The molecule has 0 spiro atoms. The van der Waals surface area contributed by atoms with Crippen LogP contribution in [-0.4, -0.2) is 30.8 Å². The van der Waals surface area contributed by atoms with E-state index in [4.69, 9.17) is 4.74 Å². The second-order valence-corrected chi connectivity index (χ2v) is 6.04. The molecule has 1 atom stereocenters. The van der Waals surface area contributed by atoms with Crippen LogP contribution >= 0.6 is 0 Å². The van der Waals surface area contributed by atoms with Crippen molar-refractivity contribution >= 4 is 23.6 Å². The van der Waals surface area contributed by atoms with Gasteiger partial charge in [0.1, 0.15) is 0 Å². The minimum atomic E-state index is -1.20. The molecule has 1 amide bonds. The molecule has 1 heterocycles. The second-order valence-electron chi connectivity index (χ2n) is 6.04. The number of anilines is 1. The van der Waals surface area contributed by atoms with Gasteiger partial charge in [0.05, 0.1) is 7.11 Å². The van der Waals surface area contributed by atoms with Gasteiger partial charge in [0.15, 0.2) is 0 Å². The fourth-order valence-corrected chi connectivity index (χ4v) is 2.54. The molecule has 134 valence electrons. The Labute approximate surface area is 152 Å². The molecule has 3 N–H and O–H groups in total. The number of nitrogens with zero attached hydrogens (tertiary/aromatic N) is 2. The average Bonchev–Trinajstić information content (AvgIpc) is 2.61. The SMILES string of the molecule is COC1=NC(C)(NC(=O)c2cccc(C)c2)N=C(Nc2ccccc2)N1. The number of amides is 1. The molecule has 3 rings (SSSR count). The topological polar surface area (TPSA) is 87.1 Å². The van der Waals surface area contributed by atoms with Crippen molar-refractivity contribution in [1.29, 1.82) is 0 Å². The van der Waals surface area contributed by atoms with E-state index >= 15 is 0 Å². The van der Waals surface area contributed by atoms with Crippen LogP contribution in [0.15, 0.2) is 64.6 Å². The van der Waals surface area contributed by atoms with Crippen LogP contribution in [0.4, 0.5) is 5.69 Å². The molecule has 0 aliphatic carbocycles. The number of rotatable bonds is 3. The largest absolute Gasteiger partial charge is 0.468 e. The lowest BCUT2D eigenvalue weighted by Crippen LogP contribution is -2.52. The zero-order valence-corrected chi connectivity index (χ0v) is 14.9. The number of aliphatic imine (C=N–C) groups is 2. The van der Waals surface area contributed by atoms with E-state index in [1.165, 1.54) is 7.11 Å². The monoisotopic (exact) mass is 351 g/mol. The fraction of sp³-hybridized carbons (Fsp3) is 0.211. The van der Waals surface area contributed by atoms with Crippen LogP contribution in [0.5, 0.6) is 0 Å². The second kappa shape index (κ2) is 7.26. The molecule has 1 unspecified atom stereocenters. The van der Waals surface area contributed by atoms with Crippen molar-refractivity contribution in [3.63, 3.8) is 0 Å². The summed E-state index contributed by atoms with van der Waals surface area (Å²) < 4.78 is 5.23. The Balaban J connectivity index is 1.83. The van der Waals surface area contributed by atoms with E-state index in [0.29, 0.717) is 11.5 Å². The summed E-state index contributed by atoms with van der Waals surface area (Å²) in [5.74, 6) is -1.04. The number of guanidine groups is 1. The third-order valence-corrected chi connectivity index (χ3v) is 3.73. The highest BCUT2D eigenvalue weighted by Gasteiger charge is 2.31. The predicted molar refractivity (Wildman–Crippen MR) is 102 cm³/mol. The van der Waals surface area contributed by atoms with Crippen molar-refractivity contribution in [3.05, 3.63) is 65.7 Å². The third kappa shape index (κ3) is 4.18. The Morgan fingerprint density at radius 3 is 2.58 bits per heavy atom. The van der Waals surface area contributed by atoms with E-state index in [2.05, 4.69) is 25.9 Å². The Bertz CT molecular complexity index is 863. The molecule has 0 saturated heterocycles. The van der Waals surface area contributed by atoms with Gasteiger partial charge in [0.25, 0.3) is 11.9 Å². The average molecular weight is 351 g/mol. The van der Waals surface area contributed by atoms with E-state index in [1.54, 1.807) is 13.0 Å². The molecule has 0 aromatic heterocycles. The quantitative estimate of drug-likeness (QED) is 0.793. The smallest absolute Gasteiger partial charge is 0.295 e. The molecule has 0 fully saturated rings. The van der Waals surface area contributed by atoms with E-state index in [9.17, 15) is 4.79 Å². The van der Waals surface area contributed by atoms with Crippen LogP contribution < -0.4 is 16.0 Å². The normalized spacial score (nSPS) is 18.9. The van der Waals surface area contributed by atoms with Crippen LogP contribution in [0.1, 0.15) is 22.8 Å². The summed E-state index contributed by atoms with van der Waals surface area (Å²) in [6.45, 7) is 3.64. The first-order chi connectivity index (χ1) is 12.5. The summed E-state index contributed by atoms with van der Waals surface area (Å²) in [7, 11) is 1.50. The Kier molecular flexibility index (Phi) is 4.88. The van der Waals surface area contributed by atoms with Gasteiger partial charge in [-0.15, -0.1) is 0 Å². The van der Waals surface area contributed by atoms with E-state index in [0.717, 1.165) is 11.3 Å². The first kappa shape index (κ1) is 17.5. The van der Waals surface area contributed by atoms with Crippen LogP contribution in [0, 0.1) is 6.92 Å². The van der Waals surface area contributed by atoms with Gasteiger partial charge in [0, 0.05) is 18.2 Å². The third-order valence-electron chi connectivity index (χ3n) is 3.73. The van der Waals surface area contributed by atoms with Gasteiger partial charge in [-0.2, -0.15) is 4.99 Å². The molecule has 1 aliphatic rings. The zero-order chi connectivity index (χ0) is 18.6. The molecule has 2 aromatic carbocycles. The number of para-hydroxylation sites is 1. The summed E-state index contributed by atoms with van der Waals surface area (Å²) >= 11 is 0. The predicted octanol–water partition coefficient (Wildman–Crippen LogP) is 2.47. The van der Waals surface area contributed by atoms with Gasteiger partial charge < -0.3 is 15.4 Å². The van der Waals surface area contributed by atoms with E-state index < -0.39 is 5.79 Å². The van der Waals surface area contributed by atoms with Gasteiger partial charge in [-0.25, -0.2) is 4.99 Å². The van der Waals surface area contributed by atoms with Gasteiger partial charge in [-0.05, 0) is 31.2 Å². The van der Waals surface area contributed by atoms with Gasteiger partial charge in [-0.1, -0.05) is 35.9 Å². The molecule has 0 saturated carbocycles. The summed E-state index contributed by atoms with van der Waals surface area (Å²) in [5, 5.41) is 8.94. The maximum atomic E-state index is 12.6. The maximum absolute atomic E-state index is 12.6. The number of nitrogens with one attached hydrogen (secondary N) is 3. The first-order valence-electron chi connectivity index (χ1n) is 8.19. The van der Waals surface area contributed by atoms with Crippen molar-refractivity contribution in [2.75, 3.05) is 12.4 Å². The Morgan fingerprint density at radius 1 is 1.12 bits per heavy atom. The molecule has 0 bridgehead atoms. The number of hydrogen-bond acceptors (Lipinski definition) is 6. The number of ether oxygens (including phenoxy) is 1. The summed E-state index contributed by atoms with van der Waals surface area (Å²) in [5.41, 5.74) is 2.40. The highest BCUT2D eigenvalue weighted by molar-refractivity contribution is 6.05. The number of carbonyl (C=O) groups is 1. The van der Waals surface area contributed by atoms with Gasteiger partial charge >= 0.3 is 0 Å². The van der Waals surface area contributed by atoms with Crippen molar-refractivity contribution in [3.8, 4) is 0 Å². The molecule has 1 aliphatic heterocycles. The lowest BCUT2D eigenvalue weighted by molar-refractivity contribution is 0.0910. The fourth-order valence-electron chi connectivity index (χ4n) is 2.54. The lowest BCUT2D eigenvalue weighted by Gasteiger charge is -2.29. The number of aryl methyl sites for hydroxylation is 1. The standard InChI is InChI=1S/C19H21N5O2/c1-13-8-7-9-14(12-13)16(25)22-19(2)23-17(21-18(24-19)26-3)20-15-10-5-4-6-11-15/h4-12H,1-3H3,(H,22,25)(H2,20,21,23,24). The van der Waals surface area contributed by atoms with Crippen molar-refractivity contribution < 1.29 is 9.53 Å². The number of hydrogen-bond donors (Lipinski definition) is 3. The molecule has 2 aromatic rings. The van der Waals surface area contributed by atoms with E-state index in [-0.39, 0.29) is 11.9 Å². The number of methoxy groups -OCH3 is 1. The van der Waals surface area contributed by atoms with Crippen molar-refractivity contribution in [2.45, 2.75) is 19.6 Å². The minimum Gasteiger partial charge on any atom is -0.468 e. The Morgan fingerprint density at radius 2 is 1.88 bits per heavy atom. The molecule has 26 heavy (non-hydrogen) atoms. The Hall–Kier alpha value is -3.35. The highest BCUT2D eigenvalue weighted by atomic mass is 16.5. The molecule has 7 nitrogen and oxygen atoms in total. The number of carbonyl (C=O) groups excluding carboxylic acids is 1. The van der Waals surface area contributed by atoms with E-state index in [1.807, 2.05) is 55.5 Å². The molecule has 0 radical (unpaired) electrons. The molecular weight excluding hydrogens is 330 g/mol. The van der Waals surface area contributed by atoms with Crippen LogP contribution in [0.25, 0.3) is 0 Å². The number of amidine groups is 1. The van der Waals surface area contributed by atoms with Crippen LogP contribution in [0.2, 0.25) is 0 Å². The molecular formula is C19H21N5O2. The summed E-state index contributed by atoms with van der Waals surface area (Å²) in [6, 6.07) is 17.2. The summed E-state index contributed by atoms with van der Waals surface area (Å²) in [4.78, 5) is 21.4. The van der Waals surface area contributed by atoms with Crippen LogP contribution in [-0.2, 0) is 4.74 Å². The van der Waals surface area contributed by atoms with Gasteiger partial charge in [0.2, 0.25) is 11.7 Å². The highest BCUT2D eigenvalue weighted by Crippen LogP contribution is 2.16. The van der Waals surface area contributed by atoms with Crippen molar-refractivity contribution in [2.24, 2.45) is 9.98 Å². The first-order valence-corrected chi connectivity index (χ1v) is 8.19. The maximum Gasteiger partial charge on any atom is 0.295 e. The number of benzene rings is 2. The van der Waals surface area contributed by atoms with Gasteiger partial charge in [-0.3, -0.25) is 10.1 Å². The zero-order valence-electron chi connectivity index (χ0n) is 14.9.